The van der Waals surface area contributed by atoms with Crippen LogP contribution in [0.4, 0.5) is 4.39 Å². The normalized spacial score (nSPS) is 12.4. The first kappa shape index (κ1) is 13.2. The Morgan fingerprint density at radius 1 is 1.11 bits per heavy atom. The zero-order valence-electron chi connectivity index (χ0n) is 9.94. The van der Waals surface area contributed by atoms with Crippen molar-refractivity contribution >= 4 is 15.9 Å². The third kappa shape index (κ3) is 3.40. The fourth-order valence-electron chi connectivity index (χ4n) is 1.90. The van der Waals surface area contributed by atoms with Gasteiger partial charge < -0.3 is 5.73 Å². The topological polar surface area (TPSA) is 26.0 Å². The summed E-state index contributed by atoms with van der Waals surface area (Å²) in [6.07, 6.45) is 1.39. The lowest BCUT2D eigenvalue weighted by Gasteiger charge is -2.12. The van der Waals surface area contributed by atoms with E-state index in [-0.39, 0.29) is 11.9 Å². The molecule has 0 saturated carbocycles. The van der Waals surface area contributed by atoms with Crippen molar-refractivity contribution < 1.29 is 4.39 Å². The van der Waals surface area contributed by atoms with Crippen LogP contribution in [-0.4, -0.2) is 0 Å². The fraction of sp³-hybridized carbons (Fsp3) is 0.200. The molecule has 0 aliphatic heterocycles. The third-order valence-corrected chi connectivity index (χ3v) is 3.46. The molecule has 1 atom stereocenters. The minimum absolute atomic E-state index is 0.0470. The van der Waals surface area contributed by atoms with E-state index in [1.807, 2.05) is 36.4 Å². The van der Waals surface area contributed by atoms with Crippen LogP contribution in [0.15, 0.2) is 53.0 Å². The van der Waals surface area contributed by atoms with Crippen molar-refractivity contribution in [1.29, 1.82) is 0 Å². The summed E-state index contributed by atoms with van der Waals surface area (Å²) >= 11 is 3.25. The van der Waals surface area contributed by atoms with Gasteiger partial charge >= 0.3 is 0 Å². The second-order valence-corrected chi connectivity index (χ2v) is 5.21. The fourth-order valence-corrected chi connectivity index (χ4v) is 2.24. The molecule has 2 aromatic rings. The summed E-state index contributed by atoms with van der Waals surface area (Å²) in [7, 11) is 0. The SMILES string of the molecule is NC(CCc1ccc(Br)cc1F)c1ccccc1. The molecule has 2 aromatic carbocycles. The van der Waals surface area contributed by atoms with Crippen molar-refractivity contribution in [3.63, 3.8) is 0 Å². The van der Waals surface area contributed by atoms with Crippen LogP contribution < -0.4 is 5.73 Å². The molecular formula is C15H15BrFN. The molecule has 0 fully saturated rings. The monoisotopic (exact) mass is 307 g/mol. The molecule has 1 unspecified atom stereocenters. The second kappa shape index (κ2) is 6.12. The average molecular weight is 308 g/mol. The van der Waals surface area contributed by atoms with Gasteiger partial charge in [0.1, 0.15) is 5.82 Å². The van der Waals surface area contributed by atoms with Gasteiger partial charge in [0.05, 0.1) is 0 Å². The van der Waals surface area contributed by atoms with Gasteiger partial charge in [0, 0.05) is 10.5 Å². The molecule has 1 nitrogen and oxygen atoms in total. The minimum atomic E-state index is -0.176. The number of benzene rings is 2. The first-order chi connectivity index (χ1) is 8.66. The summed E-state index contributed by atoms with van der Waals surface area (Å²) < 4.78 is 14.4. The van der Waals surface area contributed by atoms with E-state index in [1.54, 1.807) is 6.07 Å². The summed E-state index contributed by atoms with van der Waals surface area (Å²) in [6.45, 7) is 0. The van der Waals surface area contributed by atoms with Crippen molar-refractivity contribution in [2.45, 2.75) is 18.9 Å². The Kier molecular flexibility index (Phi) is 4.50. The number of rotatable bonds is 4. The quantitative estimate of drug-likeness (QED) is 0.899. The Labute approximate surface area is 115 Å². The van der Waals surface area contributed by atoms with Gasteiger partial charge in [0.25, 0.3) is 0 Å². The van der Waals surface area contributed by atoms with Crippen LogP contribution >= 0.6 is 15.9 Å². The van der Waals surface area contributed by atoms with E-state index in [2.05, 4.69) is 15.9 Å². The lowest BCUT2D eigenvalue weighted by Crippen LogP contribution is -2.11. The highest BCUT2D eigenvalue weighted by Crippen LogP contribution is 2.20. The molecule has 2 N–H and O–H groups in total. The number of halogens is 2. The highest BCUT2D eigenvalue weighted by molar-refractivity contribution is 9.10. The van der Waals surface area contributed by atoms with E-state index in [4.69, 9.17) is 5.73 Å². The second-order valence-electron chi connectivity index (χ2n) is 4.29. The predicted molar refractivity (Wildman–Crippen MR) is 75.8 cm³/mol. The zero-order chi connectivity index (χ0) is 13.0. The molecular weight excluding hydrogens is 293 g/mol. The number of hydrogen-bond donors (Lipinski definition) is 1. The molecule has 0 saturated heterocycles. The van der Waals surface area contributed by atoms with Crippen molar-refractivity contribution in [2.75, 3.05) is 0 Å². The zero-order valence-corrected chi connectivity index (χ0v) is 11.5. The van der Waals surface area contributed by atoms with Crippen molar-refractivity contribution in [3.8, 4) is 0 Å². The van der Waals surface area contributed by atoms with Gasteiger partial charge in [-0.1, -0.05) is 52.3 Å². The Morgan fingerprint density at radius 3 is 2.50 bits per heavy atom. The van der Waals surface area contributed by atoms with Gasteiger partial charge in [-0.25, -0.2) is 4.39 Å². The van der Waals surface area contributed by atoms with Gasteiger partial charge in [-0.15, -0.1) is 0 Å². The Hall–Kier alpha value is -1.19. The maximum absolute atomic E-state index is 13.6. The molecule has 94 valence electrons. The summed E-state index contributed by atoms with van der Waals surface area (Å²) in [5.41, 5.74) is 7.90. The van der Waals surface area contributed by atoms with Crippen LogP contribution in [0, 0.1) is 5.82 Å². The number of nitrogens with two attached hydrogens (primary N) is 1. The highest BCUT2D eigenvalue weighted by atomic mass is 79.9. The van der Waals surface area contributed by atoms with Crippen LogP contribution in [0.25, 0.3) is 0 Å². The lowest BCUT2D eigenvalue weighted by molar-refractivity contribution is 0.586. The van der Waals surface area contributed by atoms with E-state index in [0.29, 0.717) is 12.0 Å². The van der Waals surface area contributed by atoms with Crippen LogP contribution in [0.5, 0.6) is 0 Å². The molecule has 18 heavy (non-hydrogen) atoms. The number of hydrogen-bond acceptors (Lipinski definition) is 1. The minimum Gasteiger partial charge on any atom is -0.324 e. The first-order valence-corrected chi connectivity index (χ1v) is 6.70. The summed E-state index contributed by atoms with van der Waals surface area (Å²) in [4.78, 5) is 0. The molecule has 0 aromatic heterocycles. The standard InChI is InChI=1S/C15H15BrFN/c16-13-8-6-11(14(17)10-13)7-9-15(18)12-4-2-1-3-5-12/h1-6,8,10,15H,7,9,18H2. The molecule has 0 aliphatic carbocycles. The summed E-state index contributed by atoms with van der Waals surface area (Å²) in [5.74, 6) is -0.176. The molecule has 0 amide bonds. The van der Waals surface area contributed by atoms with Crippen LogP contribution in [0.2, 0.25) is 0 Å². The van der Waals surface area contributed by atoms with Crippen molar-refractivity contribution in [2.24, 2.45) is 5.73 Å². The maximum atomic E-state index is 13.6. The number of aryl methyl sites for hydroxylation is 1. The van der Waals surface area contributed by atoms with Crippen LogP contribution in [-0.2, 0) is 6.42 Å². The van der Waals surface area contributed by atoms with Gasteiger partial charge in [-0.3, -0.25) is 0 Å². The van der Waals surface area contributed by atoms with E-state index in [9.17, 15) is 4.39 Å². The van der Waals surface area contributed by atoms with Gasteiger partial charge in [0.2, 0.25) is 0 Å². The van der Waals surface area contributed by atoms with E-state index >= 15 is 0 Å². The van der Waals surface area contributed by atoms with E-state index in [1.165, 1.54) is 6.07 Å². The molecule has 0 spiro atoms. The van der Waals surface area contributed by atoms with Gasteiger partial charge in [-0.2, -0.15) is 0 Å². The summed E-state index contributed by atoms with van der Waals surface area (Å²) in [5, 5.41) is 0. The first-order valence-electron chi connectivity index (χ1n) is 5.91. The maximum Gasteiger partial charge on any atom is 0.127 e. The third-order valence-electron chi connectivity index (χ3n) is 2.97. The van der Waals surface area contributed by atoms with Crippen LogP contribution in [0.3, 0.4) is 0 Å². The van der Waals surface area contributed by atoms with E-state index < -0.39 is 0 Å². The Morgan fingerprint density at radius 2 is 1.83 bits per heavy atom. The molecule has 0 aliphatic rings. The van der Waals surface area contributed by atoms with Crippen molar-refractivity contribution in [3.05, 3.63) is 69.9 Å². The molecule has 0 heterocycles. The predicted octanol–water partition coefficient (Wildman–Crippen LogP) is 4.22. The van der Waals surface area contributed by atoms with Gasteiger partial charge in [-0.05, 0) is 36.1 Å². The molecule has 0 radical (unpaired) electrons. The molecule has 0 bridgehead atoms. The van der Waals surface area contributed by atoms with Gasteiger partial charge in [0.15, 0.2) is 0 Å². The largest absolute Gasteiger partial charge is 0.324 e. The molecule has 2 rings (SSSR count). The Bertz CT molecular complexity index is 513. The lowest BCUT2D eigenvalue weighted by atomic mass is 10.00. The van der Waals surface area contributed by atoms with Crippen LogP contribution in [0.1, 0.15) is 23.6 Å². The Balaban J connectivity index is 1.99. The smallest absolute Gasteiger partial charge is 0.127 e. The highest BCUT2D eigenvalue weighted by Gasteiger charge is 2.08. The van der Waals surface area contributed by atoms with Crippen molar-refractivity contribution in [1.82, 2.24) is 0 Å². The summed E-state index contributed by atoms with van der Waals surface area (Å²) in [6, 6.07) is 15.0. The average Bonchev–Trinajstić information content (AvgIpc) is 2.38. The van der Waals surface area contributed by atoms with E-state index in [0.717, 1.165) is 16.5 Å². The molecule has 3 heteroatoms.